The standard InChI is InChI=1S/C17H27N5O2/c1-5-21-8-12(11(4)20-21)7-18-13-6-14-16(23)19-15(10(2)3)17(24)22(14)9-13/h8,10,13-15,18H,5-7,9H2,1-4H3,(H,19,23)/t13-,14-,15-/m0/s1. The Bertz CT molecular complexity index is 639. The fraction of sp³-hybridized carbons (Fsp3) is 0.706. The second-order valence-electron chi connectivity index (χ2n) is 7.15. The molecule has 0 saturated carbocycles. The maximum atomic E-state index is 12.6. The molecule has 7 heteroatoms. The van der Waals surface area contributed by atoms with Crippen LogP contribution in [0.25, 0.3) is 0 Å². The van der Waals surface area contributed by atoms with Gasteiger partial charge in [-0.15, -0.1) is 0 Å². The van der Waals surface area contributed by atoms with Crippen molar-refractivity contribution in [3.8, 4) is 0 Å². The van der Waals surface area contributed by atoms with E-state index in [1.165, 1.54) is 0 Å². The van der Waals surface area contributed by atoms with E-state index < -0.39 is 6.04 Å². The molecule has 0 bridgehead atoms. The molecule has 1 aromatic heterocycles. The van der Waals surface area contributed by atoms with E-state index in [4.69, 9.17) is 0 Å². The molecule has 2 aliphatic rings. The van der Waals surface area contributed by atoms with Gasteiger partial charge in [0.1, 0.15) is 12.1 Å². The normalized spacial score (nSPS) is 26.9. The van der Waals surface area contributed by atoms with Crippen LogP contribution in [0.2, 0.25) is 0 Å². The van der Waals surface area contributed by atoms with E-state index in [1.54, 1.807) is 4.90 Å². The molecule has 2 aliphatic heterocycles. The molecule has 2 N–H and O–H groups in total. The van der Waals surface area contributed by atoms with Crippen LogP contribution in [-0.4, -0.2) is 51.2 Å². The lowest BCUT2D eigenvalue weighted by Crippen LogP contribution is -2.62. The molecule has 0 unspecified atom stereocenters. The Kier molecular flexibility index (Phi) is 4.62. The molecule has 132 valence electrons. The van der Waals surface area contributed by atoms with Crippen LogP contribution < -0.4 is 10.6 Å². The van der Waals surface area contributed by atoms with Crippen molar-refractivity contribution in [2.75, 3.05) is 6.54 Å². The minimum absolute atomic E-state index is 0.0208. The number of hydrogen-bond acceptors (Lipinski definition) is 4. The zero-order chi connectivity index (χ0) is 17.4. The summed E-state index contributed by atoms with van der Waals surface area (Å²) in [7, 11) is 0. The highest BCUT2D eigenvalue weighted by Crippen LogP contribution is 2.25. The molecule has 1 aromatic rings. The van der Waals surface area contributed by atoms with Gasteiger partial charge in [-0.3, -0.25) is 14.3 Å². The first-order valence-electron chi connectivity index (χ1n) is 8.77. The summed E-state index contributed by atoms with van der Waals surface area (Å²) in [4.78, 5) is 26.6. The number of amides is 2. The zero-order valence-corrected chi connectivity index (χ0v) is 14.9. The van der Waals surface area contributed by atoms with Crippen molar-refractivity contribution in [3.63, 3.8) is 0 Å². The number of rotatable bonds is 5. The van der Waals surface area contributed by atoms with Gasteiger partial charge in [-0.05, 0) is 26.2 Å². The van der Waals surface area contributed by atoms with Crippen molar-refractivity contribution in [2.45, 2.75) is 65.3 Å². The Morgan fingerprint density at radius 1 is 1.42 bits per heavy atom. The molecular weight excluding hydrogens is 306 g/mol. The first-order valence-corrected chi connectivity index (χ1v) is 8.77. The lowest BCUT2D eigenvalue weighted by atomic mass is 9.98. The molecule has 2 amide bonds. The molecule has 0 aromatic carbocycles. The number of nitrogens with one attached hydrogen (secondary N) is 2. The highest BCUT2D eigenvalue weighted by atomic mass is 16.2. The molecule has 3 heterocycles. The first kappa shape index (κ1) is 17.0. The maximum Gasteiger partial charge on any atom is 0.246 e. The average molecular weight is 333 g/mol. The van der Waals surface area contributed by atoms with Crippen molar-refractivity contribution in [2.24, 2.45) is 5.92 Å². The molecule has 7 nitrogen and oxygen atoms in total. The lowest BCUT2D eigenvalue weighted by molar-refractivity contribution is -0.148. The first-order chi connectivity index (χ1) is 11.4. The molecule has 0 spiro atoms. The minimum Gasteiger partial charge on any atom is -0.342 e. The van der Waals surface area contributed by atoms with Gasteiger partial charge >= 0.3 is 0 Å². The van der Waals surface area contributed by atoms with Gasteiger partial charge in [-0.1, -0.05) is 13.8 Å². The van der Waals surface area contributed by atoms with Crippen LogP contribution >= 0.6 is 0 Å². The molecule has 0 aliphatic carbocycles. The van der Waals surface area contributed by atoms with Crippen LogP contribution in [-0.2, 0) is 22.7 Å². The number of hydrogen-bond donors (Lipinski definition) is 2. The topological polar surface area (TPSA) is 79.3 Å². The molecule has 2 saturated heterocycles. The Balaban J connectivity index is 1.63. The van der Waals surface area contributed by atoms with Crippen molar-refractivity contribution in [1.82, 2.24) is 25.3 Å². The van der Waals surface area contributed by atoms with Gasteiger partial charge < -0.3 is 15.5 Å². The maximum absolute atomic E-state index is 12.6. The second kappa shape index (κ2) is 6.55. The summed E-state index contributed by atoms with van der Waals surface area (Å²) >= 11 is 0. The Morgan fingerprint density at radius 2 is 2.17 bits per heavy atom. The number of piperazine rings is 1. The van der Waals surface area contributed by atoms with Crippen LogP contribution in [0.4, 0.5) is 0 Å². The number of carbonyl (C=O) groups is 2. The summed E-state index contributed by atoms with van der Waals surface area (Å²) in [5.74, 6) is 0.137. The summed E-state index contributed by atoms with van der Waals surface area (Å²) < 4.78 is 1.93. The fourth-order valence-corrected chi connectivity index (χ4v) is 3.57. The third kappa shape index (κ3) is 3.05. The van der Waals surface area contributed by atoms with Crippen LogP contribution in [0.3, 0.4) is 0 Å². The second-order valence-corrected chi connectivity index (χ2v) is 7.15. The SMILES string of the molecule is CCn1cc(CN[C@H]2C[C@H]3C(=O)N[C@@H](C(C)C)C(=O)N3C2)c(C)n1. The monoisotopic (exact) mass is 333 g/mol. The summed E-state index contributed by atoms with van der Waals surface area (Å²) in [6.07, 6.45) is 2.72. The van der Waals surface area contributed by atoms with E-state index in [-0.39, 0.29) is 29.8 Å². The van der Waals surface area contributed by atoms with E-state index >= 15 is 0 Å². The molecule has 3 rings (SSSR count). The Labute approximate surface area is 142 Å². The third-order valence-corrected chi connectivity index (χ3v) is 5.07. The van der Waals surface area contributed by atoms with Crippen LogP contribution in [0.1, 0.15) is 38.4 Å². The van der Waals surface area contributed by atoms with Crippen molar-refractivity contribution in [3.05, 3.63) is 17.5 Å². The predicted octanol–water partition coefficient (Wildman–Crippen LogP) is 0.425. The number of nitrogens with zero attached hydrogens (tertiary/aromatic N) is 3. The van der Waals surface area contributed by atoms with Gasteiger partial charge in [0.25, 0.3) is 0 Å². The van der Waals surface area contributed by atoms with Gasteiger partial charge in [0.2, 0.25) is 11.8 Å². The molecular formula is C17H27N5O2. The van der Waals surface area contributed by atoms with Crippen LogP contribution in [0.15, 0.2) is 6.20 Å². The molecule has 2 fully saturated rings. The van der Waals surface area contributed by atoms with Gasteiger partial charge in [-0.25, -0.2) is 0 Å². The van der Waals surface area contributed by atoms with Gasteiger partial charge in [0.05, 0.1) is 5.69 Å². The summed E-state index contributed by atoms with van der Waals surface area (Å²) in [5, 5.41) is 10.8. The largest absolute Gasteiger partial charge is 0.342 e. The number of aromatic nitrogens is 2. The smallest absolute Gasteiger partial charge is 0.246 e. The predicted molar refractivity (Wildman–Crippen MR) is 90.2 cm³/mol. The van der Waals surface area contributed by atoms with Crippen LogP contribution in [0.5, 0.6) is 0 Å². The molecule has 3 atom stereocenters. The van der Waals surface area contributed by atoms with Gasteiger partial charge in [0.15, 0.2) is 0 Å². The van der Waals surface area contributed by atoms with Crippen molar-refractivity contribution < 1.29 is 9.59 Å². The summed E-state index contributed by atoms with van der Waals surface area (Å²) in [6, 6.07) is -0.581. The number of fused-ring (bicyclic) bond motifs is 1. The van der Waals surface area contributed by atoms with E-state index in [0.29, 0.717) is 19.5 Å². The van der Waals surface area contributed by atoms with E-state index in [2.05, 4.69) is 28.9 Å². The Hall–Kier alpha value is -1.89. The van der Waals surface area contributed by atoms with E-state index in [1.807, 2.05) is 25.5 Å². The molecule has 0 radical (unpaired) electrons. The quantitative estimate of drug-likeness (QED) is 0.819. The molecule has 24 heavy (non-hydrogen) atoms. The van der Waals surface area contributed by atoms with Crippen LogP contribution in [0, 0.1) is 12.8 Å². The van der Waals surface area contributed by atoms with E-state index in [9.17, 15) is 9.59 Å². The summed E-state index contributed by atoms with van der Waals surface area (Å²) in [6.45, 7) is 10.2. The number of carbonyl (C=O) groups excluding carboxylic acids is 2. The summed E-state index contributed by atoms with van der Waals surface area (Å²) in [5.41, 5.74) is 2.19. The van der Waals surface area contributed by atoms with E-state index in [0.717, 1.165) is 17.8 Å². The average Bonchev–Trinajstić information content (AvgIpc) is 3.12. The van der Waals surface area contributed by atoms with Gasteiger partial charge in [-0.2, -0.15) is 5.10 Å². The fourth-order valence-electron chi connectivity index (χ4n) is 3.57. The number of aryl methyl sites for hydroxylation is 2. The van der Waals surface area contributed by atoms with Crippen molar-refractivity contribution in [1.29, 1.82) is 0 Å². The lowest BCUT2D eigenvalue weighted by Gasteiger charge is -2.36. The zero-order valence-electron chi connectivity index (χ0n) is 14.9. The highest BCUT2D eigenvalue weighted by Gasteiger charge is 2.46. The minimum atomic E-state index is -0.391. The highest BCUT2D eigenvalue weighted by molar-refractivity contribution is 5.97. The third-order valence-electron chi connectivity index (χ3n) is 5.07. The van der Waals surface area contributed by atoms with Gasteiger partial charge in [0, 0.05) is 37.4 Å². The Morgan fingerprint density at radius 3 is 2.79 bits per heavy atom. The van der Waals surface area contributed by atoms with Crippen molar-refractivity contribution >= 4 is 11.8 Å².